The van der Waals surface area contributed by atoms with E-state index in [-0.39, 0.29) is 11.8 Å². The van der Waals surface area contributed by atoms with Gasteiger partial charge in [0.1, 0.15) is 0 Å². The summed E-state index contributed by atoms with van der Waals surface area (Å²) >= 11 is 2.86. The van der Waals surface area contributed by atoms with Gasteiger partial charge in [-0.1, -0.05) is 59.7 Å². The quantitative estimate of drug-likeness (QED) is 0.578. The standard InChI is InChI=1S/C26H24N4O2S2/c1-17-3-7-19(8-4-17)15-21-23(31)27-25(33-21)29-11-13-30(14-12-29)26-28-24(32)22(34-26)16-20-9-5-18(2)6-10-20/h3-10,15-16H,11-14H2,1-2H3/b21-15-,22-16+. The summed E-state index contributed by atoms with van der Waals surface area (Å²) in [7, 11) is 0. The fraction of sp³-hybridized carbons (Fsp3) is 0.231. The molecule has 2 aromatic rings. The van der Waals surface area contributed by atoms with Crippen LogP contribution >= 0.6 is 23.5 Å². The van der Waals surface area contributed by atoms with Crippen LogP contribution in [0.3, 0.4) is 0 Å². The maximum Gasteiger partial charge on any atom is 0.286 e. The molecule has 0 unspecified atom stereocenters. The van der Waals surface area contributed by atoms with Gasteiger partial charge in [0.2, 0.25) is 0 Å². The molecule has 3 aliphatic rings. The lowest BCUT2D eigenvalue weighted by molar-refractivity contribution is -0.114. The summed E-state index contributed by atoms with van der Waals surface area (Å²) in [5.41, 5.74) is 4.37. The van der Waals surface area contributed by atoms with Crippen LogP contribution in [-0.4, -0.2) is 58.1 Å². The zero-order chi connectivity index (χ0) is 23.7. The number of carbonyl (C=O) groups is 2. The molecular formula is C26H24N4O2S2. The number of thioether (sulfide) groups is 2. The summed E-state index contributed by atoms with van der Waals surface area (Å²) in [5.74, 6) is -0.370. The van der Waals surface area contributed by atoms with E-state index in [2.05, 4.69) is 19.8 Å². The third kappa shape index (κ3) is 5.03. The molecule has 0 aliphatic carbocycles. The lowest BCUT2D eigenvalue weighted by Gasteiger charge is -2.35. The van der Waals surface area contributed by atoms with Gasteiger partial charge in [0.05, 0.1) is 9.81 Å². The molecule has 0 aromatic heterocycles. The van der Waals surface area contributed by atoms with Crippen LogP contribution in [0, 0.1) is 13.8 Å². The molecule has 172 valence electrons. The number of amides is 2. The molecule has 3 heterocycles. The molecule has 2 aromatic carbocycles. The Kier molecular flexibility index (Phi) is 6.43. The maximum atomic E-state index is 12.4. The molecule has 0 spiro atoms. The van der Waals surface area contributed by atoms with Crippen molar-refractivity contribution in [1.82, 2.24) is 9.80 Å². The average Bonchev–Trinajstić information content (AvgIpc) is 3.39. The van der Waals surface area contributed by atoms with Gasteiger partial charge in [-0.15, -0.1) is 0 Å². The number of piperazine rings is 1. The number of amidine groups is 2. The van der Waals surface area contributed by atoms with Crippen LogP contribution in [0.15, 0.2) is 68.3 Å². The molecule has 1 saturated heterocycles. The van der Waals surface area contributed by atoms with Crippen molar-refractivity contribution in [1.29, 1.82) is 0 Å². The summed E-state index contributed by atoms with van der Waals surface area (Å²) in [6, 6.07) is 16.2. The lowest BCUT2D eigenvalue weighted by atomic mass is 10.1. The first-order valence-electron chi connectivity index (χ1n) is 11.1. The Hall–Kier alpha value is -3.10. The Morgan fingerprint density at radius 1 is 0.647 bits per heavy atom. The predicted molar refractivity (Wildman–Crippen MR) is 142 cm³/mol. The average molecular weight is 489 g/mol. The van der Waals surface area contributed by atoms with Gasteiger partial charge in [-0.2, -0.15) is 9.98 Å². The van der Waals surface area contributed by atoms with E-state index in [0.29, 0.717) is 9.81 Å². The first-order valence-corrected chi connectivity index (χ1v) is 12.8. The molecule has 0 atom stereocenters. The smallest absolute Gasteiger partial charge is 0.286 e. The first kappa shape index (κ1) is 22.7. The van der Waals surface area contributed by atoms with Crippen molar-refractivity contribution in [3.8, 4) is 0 Å². The predicted octanol–water partition coefficient (Wildman–Crippen LogP) is 4.56. The highest BCUT2D eigenvalue weighted by Crippen LogP contribution is 2.33. The van der Waals surface area contributed by atoms with Crippen molar-refractivity contribution in [3.63, 3.8) is 0 Å². The minimum Gasteiger partial charge on any atom is -0.347 e. The molecule has 0 bridgehead atoms. The first-order chi connectivity index (χ1) is 16.4. The maximum absolute atomic E-state index is 12.4. The SMILES string of the molecule is Cc1ccc(/C=C2\SC(N3CCN(C4=NC(=O)/C(=C\c5ccc(C)cc5)S4)CC3)=NC2=O)cc1. The highest BCUT2D eigenvalue weighted by Gasteiger charge is 2.32. The Bertz CT molecular complexity index is 1150. The molecule has 5 rings (SSSR count). The van der Waals surface area contributed by atoms with Gasteiger partial charge >= 0.3 is 0 Å². The van der Waals surface area contributed by atoms with E-state index in [1.165, 1.54) is 34.7 Å². The summed E-state index contributed by atoms with van der Waals surface area (Å²) in [5, 5.41) is 1.50. The molecule has 34 heavy (non-hydrogen) atoms. The van der Waals surface area contributed by atoms with Gasteiger partial charge in [-0.25, -0.2) is 0 Å². The van der Waals surface area contributed by atoms with Gasteiger partial charge in [-0.05, 0) is 60.7 Å². The van der Waals surface area contributed by atoms with E-state index >= 15 is 0 Å². The Balaban J connectivity index is 1.18. The number of carbonyl (C=O) groups excluding carboxylic acids is 2. The number of aliphatic imine (C=N–C) groups is 2. The summed E-state index contributed by atoms with van der Waals surface area (Å²) in [4.78, 5) is 39.0. The third-order valence-electron chi connectivity index (χ3n) is 5.79. The molecule has 1 fully saturated rings. The molecule has 0 N–H and O–H groups in total. The van der Waals surface area contributed by atoms with E-state index in [4.69, 9.17) is 0 Å². The zero-order valence-corrected chi connectivity index (χ0v) is 20.7. The number of nitrogens with zero attached hydrogens (tertiary/aromatic N) is 4. The molecular weight excluding hydrogens is 464 g/mol. The minimum absolute atomic E-state index is 0.185. The van der Waals surface area contributed by atoms with Crippen molar-refractivity contribution in [3.05, 3.63) is 80.6 Å². The Morgan fingerprint density at radius 2 is 1.00 bits per heavy atom. The minimum atomic E-state index is -0.185. The van der Waals surface area contributed by atoms with Crippen molar-refractivity contribution >= 4 is 57.8 Å². The number of hydrogen-bond acceptors (Lipinski definition) is 6. The number of aryl methyl sites for hydroxylation is 2. The van der Waals surface area contributed by atoms with E-state index < -0.39 is 0 Å². The lowest BCUT2D eigenvalue weighted by Crippen LogP contribution is -2.49. The number of benzene rings is 2. The highest BCUT2D eigenvalue weighted by molar-refractivity contribution is 8.18. The van der Waals surface area contributed by atoms with Gasteiger partial charge < -0.3 is 9.80 Å². The Morgan fingerprint density at radius 3 is 1.35 bits per heavy atom. The summed E-state index contributed by atoms with van der Waals surface area (Å²) in [6.45, 7) is 6.98. The fourth-order valence-corrected chi connectivity index (χ4v) is 5.71. The van der Waals surface area contributed by atoms with E-state index in [0.717, 1.165) is 47.6 Å². The van der Waals surface area contributed by atoms with Gasteiger partial charge in [0.25, 0.3) is 11.8 Å². The van der Waals surface area contributed by atoms with Crippen LogP contribution in [0.5, 0.6) is 0 Å². The van der Waals surface area contributed by atoms with E-state index in [1.54, 1.807) is 0 Å². The Labute approximate surface area is 207 Å². The number of rotatable bonds is 2. The van der Waals surface area contributed by atoms with Crippen molar-refractivity contribution in [2.45, 2.75) is 13.8 Å². The molecule has 0 saturated carbocycles. The van der Waals surface area contributed by atoms with E-state index in [1.807, 2.05) is 74.5 Å². The molecule has 2 amide bonds. The van der Waals surface area contributed by atoms with Crippen LogP contribution in [0.4, 0.5) is 0 Å². The molecule has 6 nitrogen and oxygen atoms in total. The monoisotopic (exact) mass is 488 g/mol. The zero-order valence-electron chi connectivity index (χ0n) is 19.0. The second-order valence-electron chi connectivity index (χ2n) is 8.42. The van der Waals surface area contributed by atoms with Crippen LogP contribution < -0.4 is 0 Å². The third-order valence-corrected chi connectivity index (χ3v) is 7.88. The number of hydrogen-bond donors (Lipinski definition) is 0. The van der Waals surface area contributed by atoms with E-state index in [9.17, 15) is 9.59 Å². The summed E-state index contributed by atoms with van der Waals surface area (Å²) < 4.78 is 0. The van der Waals surface area contributed by atoms with Gasteiger partial charge in [0, 0.05) is 26.2 Å². The summed E-state index contributed by atoms with van der Waals surface area (Å²) in [6.07, 6.45) is 3.80. The highest BCUT2D eigenvalue weighted by atomic mass is 32.2. The molecule has 3 aliphatic heterocycles. The topological polar surface area (TPSA) is 65.3 Å². The van der Waals surface area contributed by atoms with Gasteiger partial charge in [0.15, 0.2) is 10.3 Å². The molecule has 8 heteroatoms. The molecule has 0 radical (unpaired) electrons. The van der Waals surface area contributed by atoms with Crippen LogP contribution in [0.25, 0.3) is 12.2 Å². The van der Waals surface area contributed by atoms with Crippen molar-refractivity contribution in [2.75, 3.05) is 26.2 Å². The van der Waals surface area contributed by atoms with Crippen LogP contribution in [0.2, 0.25) is 0 Å². The second kappa shape index (κ2) is 9.64. The normalized spacial score (nSPS) is 21.0. The second-order valence-corrected chi connectivity index (χ2v) is 10.4. The van der Waals surface area contributed by atoms with Crippen molar-refractivity contribution in [2.24, 2.45) is 9.98 Å². The fourth-order valence-electron chi connectivity index (χ4n) is 3.78. The largest absolute Gasteiger partial charge is 0.347 e. The van der Waals surface area contributed by atoms with Crippen LogP contribution in [0.1, 0.15) is 22.3 Å². The van der Waals surface area contributed by atoms with Crippen LogP contribution in [-0.2, 0) is 9.59 Å². The van der Waals surface area contributed by atoms with Crippen molar-refractivity contribution < 1.29 is 9.59 Å². The van der Waals surface area contributed by atoms with Gasteiger partial charge in [-0.3, -0.25) is 9.59 Å².